The van der Waals surface area contributed by atoms with Crippen molar-refractivity contribution < 1.29 is 18.7 Å². The van der Waals surface area contributed by atoms with Crippen LogP contribution in [0, 0.1) is 0 Å². The number of thiocarbonyl (C=S) groups is 1. The molecule has 0 bridgehead atoms. The minimum Gasteiger partial charge on any atom is -0.484 e. The zero-order valence-electron chi connectivity index (χ0n) is 11.7. The molecule has 0 atom stereocenters. The largest absolute Gasteiger partial charge is 0.484 e. The van der Waals surface area contributed by atoms with Crippen LogP contribution in [0.2, 0.25) is 5.02 Å². The average Bonchev–Trinajstić information content (AvgIpc) is 3.07. The van der Waals surface area contributed by atoms with Crippen LogP contribution in [0.1, 0.15) is 10.6 Å². The van der Waals surface area contributed by atoms with Gasteiger partial charge in [0.15, 0.2) is 17.5 Å². The van der Waals surface area contributed by atoms with E-state index in [4.69, 9.17) is 33.0 Å². The predicted octanol–water partition coefficient (Wildman–Crippen LogP) is 1.65. The van der Waals surface area contributed by atoms with E-state index in [-0.39, 0.29) is 17.5 Å². The summed E-state index contributed by atoms with van der Waals surface area (Å²) in [5.74, 6) is -0.404. The molecule has 0 unspecified atom stereocenters. The van der Waals surface area contributed by atoms with Crippen LogP contribution in [0.3, 0.4) is 0 Å². The van der Waals surface area contributed by atoms with Gasteiger partial charge in [0.25, 0.3) is 11.8 Å². The van der Waals surface area contributed by atoms with Crippen LogP contribution in [0.25, 0.3) is 0 Å². The number of amides is 2. The fourth-order valence-electron chi connectivity index (χ4n) is 1.45. The number of carbonyl (C=O) groups excluding carboxylic acids is 2. The molecule has 1 heterocycles. The number of nitrogens with one attached hydrogen (secondary N) is 3. The number of furan rings is 1. The Morgan fingerprint density at radius 3 is 2.57 bits per heavy atom. The van der Waals surface area contributed by atoms with Gasteiger partial charge in [0.2, 0.25) is 0 Å². The van der Waals surface area contributed by atoms with Crippen molar-refractivity contribution in [3.05, 3.63) is 53.4 Å². The molecule has 120 valence electrons. The first-order valence-corrected chi connectivity index (χ1v) is 7.15. The predicted molar refractivity (Wildman–Crippen MR) is 87.0 cm³/mol. The third kappa shape index (κ3) is 5.61. The number of benzene rings is 1. The highest BCUT2D eigenvalue weighted by Gasteiger charge is 2.10. The molecule has 0 aliphatic rings. The van der Waals surface area contributed by atoms with E-state index in [2.05, 4.69) is 16.2 Å². The summed E-state index contributed by atoms with van der Waals surface area (Å²) >= 11 is 10.6. The second-order valence-corrected chi connectivity index (χ2v) is 5.02. The summed E-state index contributed by atoms with van der Waals surface area (Å²) in [6.07, 6.45) is 1.36. The normalized spacial score (nSPS) is 9.78. The smallest absolute Gasteiger partial charge is 0.293 e. The molecular weight excluding hydrogens is 342 g/mol. The Balaban J connectivity index is 1.68. The Morgan fingerprint density at radius 2 is 1.91 bits per heavy atom. The molecule has 1 aromatic heterocycles. The van der Waals surface area contributed by atoms with E-state index in [0.717, 1.165) is 0 Å². The first-order chi connectivity index (χ1) is 11.0. The number of carbonyl (C=O) groups is 2. The van der Waals surface area contributed by atoms with Crippen molar-refractivity contribution in [1.29, 1.82) is 0 Å². The lowest BCUT2D eigenvalue weighted by Crippen LogP contribution is -2.49. The van der Waals surface area contributed by atoms with Gasteiger partial charge in [-0.3, -0.25) is 25.8 Å². The van der Waals surface area contributed by atoms with E-state index in [1.807, 2.05) is 0 Å². The lowest BCUT2D eigenvalue weighted by atomic mass is 10.3. The van der Waals surface area contributed by atoms with E-state index in [1.54, 1.807) is 30.3 Å². The van der Waals surface area contributed by atoms with Crippen molar-refractivity contribution in [1.82, 2.24) is 16.2 Å². The van der Waals surface area contributed by atoms with E-state index < -0.39 is 11.8 Å². The molecular formula is C14H12ClN3O4S. The second-order valence-electron chi connectivity index (χ2n) is 4.18. The number of hydrogen-bond donors (Lipinski definition) is 3. The molecule has 0 radical (unpaired) electrons. The van der Waals surface area contributed by atoms with Crippen LogP contribution in [0.5, 0.6) is 5.75 Å². The first kappa shape index (κ1) is 16.8. The molecule has 23 heavy (non-hydrogen) atoms. The van der Waals surface area contributed by atoms with Crippen LogP contribution in [-0.4, -0.2) is 23.5 Å². The topological polar surface area (TPSA) is 92.6 Å². The summed E-state index contributed by atoms with van der Waals surface area (Å²) < 4.78 is 10.1. The van der Waals surface area contributed by atoms with Gasteiger partial charge in [0, 0.05) is 5.02 Å². The third-order valence-corrected chi connectivity index (χ3v) is 2.93. The van der Waals surface area contributed by atoms with Crippen LogP contribution in [0.15, 0.2) is 47.1 Å². The summed E-state index contributed by atoms with van der Waals surface area (Å²) in [6.45, 7) is -0.233. The van der Waals surface area contributed by atoms with Crippen molar-refractivity contribution >= 4 is 40.7 Å². The Bertz CT molecular complexity index is 689. The highest BCUT2D eigenvalue weighted by molar-refractivity contribution is 7.80. The van der Waals surface area contributed by atoms with E-state index in [9.17, 15) is 9.59 Å². The molecule has 9 heteroatoms. The Kier molecular flexibility index (Phi) is 5.95. The van der Waals surface area contributed by atoms with Gasteiger partial charge < -0.3 is 9.15 Å². The molecule has 0 aliphatic carbocycles. The molecule has 1 aromatic carbocycles. The highest BCUT2D eigenvalue weighted by atomic mass is 35.5. The third-order valence-electron chi connectivity index (χ3n) is 2.47. The lowest BCUT2D eigenvalue weighted by molar-refractivity contribution is -0.123. The molecule has 2 rings (SSSR count). The fourth-order valence-corrected chi connectivity index (χ4v) is 1.72. The number of rotatable bonds is 4. The molecule has 0 aliphatic heterocycles. The van der Waals surface area contributed by atoms with Crippen LogP contribution in [-0.2, 0) is 4.79 Å². The average molecular weight is 354 g/mol. The maximum absolute atomic E-state index is 11.6. The molecule has 0 spiro atoms. The van der Waals surface area contributed by atoms with Crippen molar-refractivity contribution in [2.45, 2.75) is 0 Å². The Hall–Kier alpha value is -2.58. The quantitative estimate of drug-likeness (QED) is 0.571. The number of ether oxygens (including phenoxy) is 1. The fraction of sp³-hybridized carbons (Fsp3) is 0.0714. The SMILES string of the molecule is O=C(COc1ccc(Cl)cc1)NNC(=S)NC(=O)c1ccco1. The lowest BCUT2D eigenvalue weighted by Gasteiger charge is -2.10. The van der Waals surface area contributed by atoms with E-state index in [1.165, 1.54) is 12.3 Å². The van der Waals surface area contributed by atoms with Crippen molar-refractivity contribution in [3.63, 3.8) is 0 Å². The molecule has 0 saturated carbocycles. The standard InChI is InChI=1S/C14H12ClN3O4S/c15-9-3-5-10(6-4-9)22-8-12(19)17-18-14(23)16-13(20)11-2-1-7-21-11/h1-7H,8H2,(H,17,19)(H2,16,18,20,23). The zero-order valence-corrected chi connectivity index (χ0v) is 13.2. The second kappa shape index (κ2) is 8.16. The minimum absolute atomic E-state index is 0.0776. The zero-order chi connectivity index (χ0) is 16.7. The maximum Gasteiger partial charge on any atom is 0.293 e. The summed E-state index contributed by atoms with van der Waals surface area (Å²) in [6, 6.07) is 9.62. The van der Waals surface area contributed by atoms with Gasteiger partial charge in [0.05, 0.1) is 6.26 Å². The summed E-state index contributed by atoms with van der Waals surface area (Å²) in [7, 11) is 0. The summed E-state index contributed by atoms with van der Waals surface area (Å²) in [4.78, 5) is 23.2. The van der Waals surface area contributed by atoms with Crippen LogP contribution >= 0.6 is 23.8 Å². The highest BCUT2D eigenvalue weighted by Crippen LogP contribution is 2.15. The van der Waals surface area contributed by atoms with Crippen molar-refractivity contribution in [2.75, 3.05) is 6.61 Å². The summed E-state index contributed by atoms with van der Waals surface area (Å²) in [5, 5.41) is 2.83. The first-order valence-electron chi connectivity index (χ1n) is 6.36. The van der Waals surface area contributed by atoms with Crippen molar-refractivity contribution in [3.8, 4) is 5.75 Å². The Labute approximate surface area is 141 Å². The number of hydrogen-bond acceptors (Lipinski definition) is 5. The maximum atomic E-state index is 11.6. The molecule has 2 amide bonds. The van der Waals surface area contributed by atoms with Gasteiger partial charge in [-0.05, 0) is 48.6 Å². The summed E-state index contributed by atoms with van der Waals surface area (Å²) in [5.41, 5.74) is 4.67. The van der Waals surface area contributed by atoms with Gasteiger partial charge in [-0.2, -0.15) is 0 Å². The van der Waals surface area contributed by atoms with Crippen LogP contribution in [0.4, 0.5) is 0 Å². The molecule has 0 saturated heterocycles. The van der Waals surface area contributed by atoms with Crippen molar-refractivity contribution in [2.24, 2.45) is 0 Å². The monoisotopic (exact) mass is 353 g/mol. The minimum atomic E-state index is -0.529. The molecule has 0 fully saturated rings. The Morgan fingerprint density at radius 1 is 1.17 bits per heavy atom. The van der Waals surface area contributed by atoms with E-state index in [0.29, 0.717) is 10.8 Å². The van der Waals surface area contributed by atoms with Crippen LogP contribution < -0.4 is 20.9 Å². The van der Waals surface area contributed by atoms with Gasteiger partial charge in [0.1, 0.15) is 5.75 Å². The molecule has 2 aromatic rings. The number of hydrazine groups is 1. The molecule has 3 N–H and O–H groups in total. The van der Waals surface area contributed by atoms with Gasteiger partial charge in [-0.25, -0.2) is 0 Å². The molecule has 7 nitrogen and oxygen atoms in total. The van der Waals surface area contributed by atoms with Gasteiger partial charge in [-0.15, -0.1) is 0 Å². The van der Waals surface area contributed by atoms with Gasteiger partial charge in [-0.1, -0.05) is 11.6 Å². The van der Waals surface area contributed by atoms with Gasteiger partial charge >= 0.3 is 0 Å². The van der Waals surface area contributed by atoms with E-state index >= 15 is 0 Å². The number of halogens is 1.